The van der Waals surface area contributed by atoms with E-state index < -0.39 is 15.8 Å². The summed E-state index contributed by atoms with van der Waals surface area (Å²) in [7, 11) is -3.66. The van der Waals surface area contributed by atoms with E-state index in [1.54, 1.807) is 30.3 Å². The monoisotopic (exact) mass is 350 g/mol. The predicted octanol–water partition coefficient (Wildman–Crippen LogP) is 2.54. The standard InChI is InChI=1S/C17H19FN2O3S/c1-3-19-17(21)14-10-8-13(9-11-14)12-20(24(2,22)23)16-7-5-4-6-15(16)18/h4-11H,3,12H2,1-2H3,(H,19,21). The molecule has 7 heteroatoms. The molecule has 0 unspecified atom stereocenters. The second kappa shape index (κ2) is 7.44. The van der Waals surface area contributed by atoms with Crippen molar-refractivity contribution in [3.05, 3.63) is 65.5 Å². The predicted molar refractivity (Wildman–Crippen MR) is 91.9 cm³/mol. The van der Waals surface area contributed by atoms with E-state index in [0.29, 0.717) is 17.7 Å². The number of sulfonamides is 1. The number of halogens is 1. The van der Waals surface area contributed by atoms with E-state index in [2.05, 4.69) is 5.32 Å². The first-order valence-corrected chi connectivity index (χ1v) is 9.27. The van der Waals surface area contributed by atoms with Gasteiger partial charge >= 0.3 is 0 Å². The molecule has 0 spiro atoms. The molecule has 0 heterocycles. The molecule has 0 aliphatic carbocycles. The fourth-order valence-electron chi connectivity index (χ4n) is 2.23. The summed E-state index contributed by atoms with van der Waals surface area (Å²) in [6.07, 6.45) is 1.03. The van der Waals surface area contributed by atoms with Crippen LogP contribution in [0.25, 0.3) is 0 Å². The van der Waals surface area contributed by atoms with Crippen LogP contribution in [0.3, 0.4) is 0 Å². The van der Waals surface area contributed by atoms with Crippen LogP contribution < -0.4 is 9.62 Å². The molecule has 0 saturated carbocycles. The zero-order chi connectivity index (χ0) is 17.7. The molecular formula is C17H19FN2O3S. The molecule has 1 amide bonds. The first-order valence-electron chi connectivity index (χ1n) is 7.42. The first-order chi connectivity index (χ1) is 11.3. The Morgan fingerprint density at radius 1 is 1.12 bits per heavy atom. The third-order valence-corrected chi connectivity index (χ3v) is 4.53. The maximum Gasteiger partial charge on any atom is 0.251 e. The highest BCUT2D eigenvalue weighted by atomic mass is 32.2. The number of anilines is 1. The minimum Gasteiger partial charge on any atom is -0.352 e. The summed E-state index contributed by atoms with van der Waals surface area (Å²) in [6, 6.07) is 12.2. The van der Waals surface area contributed by atoms with E-state index in [-0.39, 0.29) is 18.1 Å². The second-order valence-corrected chi connectivity index (χ2v) is 7.18. The van der Waals surface area contributed by atoms with Crippen LogP contribution >= 0.6 is 0 Å². The van der Waals surface area contributed by atoms with Crippen LogP contribution in [0, 0.1) is 5.82 Å². The Morgan fingerprint density at radius 2 is 1.75 bits per heavy atom. The van der Waals surface area contributed by atoms with Crippen LogP contribution in [0.5, 0.6) is 0 Å². The molecule has 2 aromatic carbocycles. The van der Waals surface area contributed by atoms with Crippen molar-refractivity contribution in [3.63, 3.8) is 0 Å². The van der Waals surface area contributed by atoms with E-state index in [9.17, 15) is 17.6 Å². The van der Waals surface area contributed by atoms with E-state index in [1.165, 1.54) is 18.2 Å². The molecule has 0 bridgehead atoms. The summed E-state index contributed by atoms with van der Waals surface area (Å²) in [4.78, 5) is 11.7. The van der Waals surface area contributed by atoms with Crippen LogP contribution in [0.2, 0.25) is 0 Å². The van der Waals surface area contributed by atoms with E-state index in [1.807, 2.05) is 6.92 Å². The molecule has 0 radical (unpaired) electrons. The molecule has 0 saturated heterocycles. The Hall–Kier alpha value is -2.41. The molecule has 0 aromatic heterocycles. The summed E-state index contributed by atoms with van der Waals surface area (Å²) < 4.78 is 39.1. The average molecular weight is 350 g/mol. The number of benzene rings is 2. The van der Waals surface area contributed by atoms with Crippen molar-refractivity contribution in [2.75, 3.05) is 17.1 Å². The highest BCUT2D eigenvalue weighted by Crippen LogP contribution is 2.23. The van der Waals surface area contributed by atoms with E-state index in [4.69, 9.17) is 0 Å². The number of nitrogens with one attached hydrogen (secondary N) is 1. The number of carbonyl (C=O) groups excluding carboxylic acids is 1. The Labute approximate surface area is 141 Å². The molecule has 0 aliphatic heterocycles. The minimum absolute atomic E-state index is 0.00666. The summed E-state index contributed by atoms with van der Waals surface area (Å²) in [5.74, 6) is -0.806. The molecule has 0 atom stereocenters. The first kappa shape index (κ1) is 17.9. The SMILES string of the molecule is CCNC(=O)c1ccc(CN(c2ccccc2F)S(C)(=O)=O)cc1. The van der Waals surface area contributed by atoms with Gasteiger partial charge in [0.05, 0.1) is 18.5 Å². The molecule has 2 aromatic rings. The summed E-state index contributed by atoms with van der Waals surface area (Å²) >= 11 is 0. The summed E-state index contributed by atoms with van der Waals surface area (Å²) in [5.41, 5.74) is 1.13. The van der Waals surface area contributed by atoms with Gasteiger partial charge in [0.2, 0.25) is 10.0 Å². The van der Waals surface area contributed by atoms with Crippen molar-refractivity contribution in [2.45, 2.75) is 13.5 Å². The number of hydrogen-bond acceptors (Lipinski definition) is 3. The molecule has 1 N–H and O–H groups in total. The van der Waals surface area contributed by atoms with Crippen LogP contribution in [0.1, 0.15) is 22.8 Å². The van der Waals surface area contributed by atoms with Gasteiger partial charge in [0.1, 0.15) is 5.82 Å². The third-order valence-electron chi connectivity index (χ3n) is 3.40. The smallest absolute Gasteiger partial charge is 0.251 e. The lowest BCUT2D eigenvalue weighted by Gasteiger charge is -2.23. The molecule has 24 heavy (non-hydrogen) atoms. The van der Waals surface area contributed by atoms with Crippen molar-refractivity contribution in [2.24, 2.45) is 0 Å². The van der Waals surface area contributed by atoms with Crippen LogP contribution in [0.4, 0.5) is 10.1 Å². The molecule has 0 fully saturated rings. The van der Waals surface area contributed by atoms with Gasteiger partial charge in [0, 0.05) is 12.1 Å². The second-order valence-electron chi connectivity index (χ2n) is 5.28. The van der Waals surface area contributed by atoms with Gasteiger partial charge < -0.3 is 5.32 Å². The molecule has 5 nitrogen and oxygen atoms in total. The number of carbonyl (C=O) groups is 1. The Balaban J connectivity index is 2.28. The van der Waals surface area contributed by atoms with Gasteiger partial charge in [-0.2, -0.15) is 0 Å². The van der Waals surface area contributed by atoms with Crippen molar-refractivity contribution in [1.29, 1.82) is 0 Å². The number of rotatable bonds is 6. The fraction of sp³-hybridized carbons (Fsp3) is 0.235. The topological polar surface area (TPSA) is 66.5 Å². The Kier molecular flexibility index (Phi) is 5.56. The zero-order valence-electron chi connectivity index (χ0n) is 13.5. The Morgan fingerprint density at radius 3 is 2.29 bits per heavy atom. The lowest BCUT2D eigenvalue weighted by Crippen LogP contribution is -2.30. The zero-order valence-corrected chi connectivity index (χ0v) is 14.3. The molecule has 128 valence electrons. The van der Waals surface area contributed by atoms with Gasteiger partial charge in [-0.1, -0.05) is 24.3 Å². The van der Waals surface area contributed by atoms with Crippen molar-refractivity contribution in [3.8, 4) is 0 Å². The maximum atomic E-state index is 14.0. The van der Waals surface area contributed by atoms with Gasteiger partial charge in [-0.15, -0.1) is 0 Å². The lowest BCUT2D eigenvalue weighted by molar-refractivity contribution is 0.0956. The van der Waals surface area contributed by atoms with Crippen LogP contribution in [-0.4, -0.2) is 27.1 Å². The largest absolute Gasteiger partial charge is 0.352 e. The van der Waals surface area contributed by atoms with Gasteiger partial charge in [-0.25, -0.2) is 12.8 Å². The van der Waals surface area contributed by atoms with Gasteiger partial charge in [-0.05, 0) is 36.8 Å². The van der Waals surface area contributed by atoms with Crippen molar-refractivity contribution in [1.82, 2.24) is 5.32 Å². The van der Waals surface area contributed by atoms with Crippen LogP contribution in [0.15, 0.2) is 48.5 Å². The normalized spacial score (nSPS) is 11.1. The van der Waals surface area contributed by atoms with Gasteiger partial charge in [0.25, 0.3) is 5.91 Å². The highest BCUT2D eigenvalue weighted by Gasteiger charge is 2.21. The summed E-state index contributed by atoms with van der Waals surface area (Å²) in [6.45, 7) is 2.33. The van der Waals surface area contributed by atoms with E-state index >= 15 is 0 Å². The Bertz CT molecular complexity index is 820. The number of amides is 1. The molecular weight excluding hydrogens is 331 g/mol. The highest BCUT2D eigenvalue weighted by molar-refractivity contribution is 7.92. The minimum atomic E-state index is -3.66. The van der Waals surface area contributed by atoms with Gasteiger partial charge in [0.15, 0.2) is 0 Å². The fourth-order valence-corrected chi connectivity index (χ4v) is 3.11. The number of nitrogens with zero attached hydrogens (tertiary/aromatic N) is 1. The van der Waals surface area contributed by atoms with Crippen molar-refractivity contribution >= 4 is 21.6 Å². The third kappa shape index (κ3) is 4.32. The van der Waals surface area contributed by atoms with E-state index in [0.717, 1.165) is 10.6 Å². The number of para-hydroxylation sites is 1. The van der Waals surface area contributed by atoms with Gasteiger partial charge in [-0.3, -0.25) is 9.10 Å². The van der Waals surface area contributed by atoms with Crippen molar-refractivity contribution < 1.29 is 17.6 Å². The molecule has 2 rings (SSSR count). The lowest BCUT2D eigenvalue weighted by atomic mass is 10.1. The van der Waals surface area contributed by atoms with Crippen LogP contribution in [-0.2, 0) is 16.6 Å². The maximum absolute atomic E-state index is 14.0. The average Bonchev–Trinajstić information content (AvgIpc) is 2.53. The summed E-state index contributed by atoms with van der Waals surface area (Å²) in [5, 5.41) is 2.68. The number of hydrogen-bond donors (Lipinski definition) is 1. The quantitative estimate of drug-likeness (QED) is 0.871. The molecule has 0 aliphatic rings.